The average Bonchev–Trinajstić information content (AvgIpc) is 2.46. The topological polar surface area (TPSA) is 59.2 Å². The van der Waals surface area contributed by atoms with Gasteiger partial charge in [0.05, 0.1) is 0 Å². The lowest BCUT2D eigenvalue weighted by Crippen LogP contribution is -2.26. The van der Waals surface area contributed by atoms with E-state index < -0.39 is 0 Å². The predicted octanol–water partition coefficient (Wildman–Crippen LogP) is 2.62. The zero-order chi connectivity index (χ0) is 14.5. The van der Waals surface area contributed by atoms with Crippen molar-refractivity contribution in [2.45, 2.75) is 6.42 Å². The van der Waals surface area contributed by atoms with Crippen molar-refractivity contribution < 1.29 is 4.79 Å². The molecule has 2 rings (SSSR count). The summed E-state index contributed by atoms with van der Waals surface area (Å²) in [4.78, 5) is 18.3. The van der Waals surface area contributed by atoms with Crippen LogP contribution in [0.3, 0.4) is 0 Å². The molecule has 1 amide bonds. The lowest BCUT2D eigenvalue weighted by Gasteiger charge is -2.18. The molecule has 4 nitrogen and oxygen atoms in total. The highest BCUT2D eigenvalue weighted by Gasteiger charge is 2.14. The first-order valence-electron chi connectivity index (χ1n) is 6.30. The average molecular weight is 334 g/mol. The number of nitrogens with two attached hydrogens (primary N) is 1. The van der Waals surface area contributed by atoms with Crippen LogP contribution in [0, 0.1) is 0 Å². The van der Waals surface area contributed by atoms with Gasteiger partial charge >= 0.3 is 0 Å². The van der Waals surface area contributed by atoms with Gasteiger partial charge in [0.15, 0.2) is 0 Å². The molecular weight excluding hydrogens is 318 g/mol. The van der Waals surface area contributed by atoms with E-state index in [1.165, 1.54) is 0 Å². The van der Waals surface area contributed by atoms with Crippen LogP contribution < -0.4 is 10.6 Å². The molecule has 0 saturated carbocycles. The van der Waals surface area contributed by atoms with Crippen LogP contribution in [-0.2, 0) is 6.42 Å². The second-order valence-corrected chi connectivity index (χ2v) is 5.33. The lowest BCUT2D eigenvalue weighted by atomic mass is 10.1. The molecule has 0 radical (unpaired) electrons. The Labute approximate surface area is 126 Å². The van der Waals surface area contributed by atoms with Crippen LogP contribution in [0.1, 0.15) is 16.1 Å². The van der Waals surface area contributed by atoms with E-state index in [0.29, 0.717) is 18.5 Å². The van der Waals surface area contributed by atoms with Crippen LogP contribution in [0.4, 0.5) is 5.69 Å². The minimum atomic E-state index is -0.0660. The van der Waals surface area contributed by atoms with Crippen molar-refractivity contribution in [3.05, 3.63) is 58.3 Å². The molecule has 0 unspecified atom stereocenters. The molecule has 0 atom stereocenters. The van der Waals surface area contributed by atoms with Gasteiger partial charge in [0.2, 0.25) is 0 Å². The van der Waals surface area contributed by atoms with Gasteiger partial charge in [-0.1, -0.05) is 22.0 Å². The van der Waals surface area contributed by atoms with Gasteiger partial charge in [-0.3, -0.25) is 9.78 Å². The maximum Gasteiger partial charge on any atom is 0.258 e. The van der Waals surface area contributed by atoms with Crippen LogP contribution in [0.25, 0.3) is 0 Å². The Hall–Kier alpha value is -1.72. The van der Waals surface area contributed by atoms with Gasteiger partial charge in [-0.05, 0) is 36.9 Å². The van der Waals surface area contributed by atoms with Crippen molar-refractivity contribution in [2.24, 2.45) is 5.73 Å². The highest BCUT2D eigenvalue weighted by molar-refractivity contribution is 9.10. The number of benzene rings is 1. The van der Waals surface area contributed by atoms with Gasteiger partial charge in [0.1, 0.15) is 0 Å². The zero-order valence-corrected chi connectivity index (χ0v) is 12.8. The second-order valence-electron chi connectivity index (χ2n) is 4.42. The van der Waals surface area contributed by atoms with Crippen LogP contribution in [0.5, 0.6) is 0 Å². The fourth-order valence-corrected chi connectivity index (χ4v) is 2.28. The Bertz CT molecular complexity index is 616. The number of amides is 1. The minimum absolute atomic E-state index is 0.0660. The molecule has 0 saturated heterocycles. The Balaban J connectivity index is 2.24. The maximum atomic E-state index is 12.5. The molecule has 0 aliphatic heterocycles. The van der Waals surface area contributed by atoms with Crippen molar-refractivity contribution in [1.82, 2.24) is 4.98 Å². The van der Waals surface area contributed by atoms with E-state index >= 15 is 0 Å². The van der Waals surface area contributed by atoms with Crippen molar-refractivity contribution in [1.29, 1.82) is 0 Å². The number of carbonyl (C=O) groups is 1. The zero-order valence-electron chi connectivity index (χ0n) is 11.2. The van der Waals surface area contributed by atoms with E-state index in [1.807, 2.05) is 24.3 Å². The minimum Gasteiger partial charge on any atom is -0.330 e. The van der Waals surface area contributed by atoms with Gasteiger partial charge in [-0.2, -0.15) is 0 Å². The van der Waals surface area contributed by atoms with Crippen LogP contribution in [0.15, 0.2) is 47.1 Å². The number of rotatable bonds is 4. The Morgan fingerprint density at radius 3 is 2.85 bits per heavy atom. The van der Waals surface area contributed by atoms with E-state index in [-0.39, 0.29) is 5.91 Å². The Morgan fingerprint density at radius 2 is 2.15 bits per heavy atom. The summed E-state index contributed by atoms with van der Waals surface area (Å²) < 4.78 is 0.938. The smallest absolute Gasteiger partial charge is 0.258 e. The van der Waals surface area contributed by atoms with E-state index in [4.69, 9.17) is 5.73 Å². The number of pyridine rings is 1. The molecule has 0 aliphatic rings. The van der Waals surface area contributed by atoms with Gasteiger partial charge in [0.25, 0.3) is 5.91 Å². The predicted molar refractivity (Wildman–Crippen MR) is 83.9 cm³/mol. The second kappa shape index (κ2) is 6.63. The SMILES string of the molecule is CN(C(=O)c1ccnc(CCN)c1)c1cccc(Br)c1. The molecular formula is C15H16BrN3O. The molecule has 1 aromatic carbocycles. The number of carbonyl (C=O) groups excluding carboxylic acids is 1. The molecule has 2 aromatic rings. The number of anilines is 1. The molecule has 1 heterocycles. The first kappa shape index (κ1) is 14.7. The molecule has 20 heavy (non-hydrogen) atoms. The Kier molecular flexibility index (Phi) is 4.87. The normalized spacial score (nSPS) is 10.3. The summed E-state index contributed by atoms with van der Waals surface area (Å²) in [5.41, 5.74) is 7.80. The number of hydrogen-bond donors (Lipinski definition) is 1. The third-order valence-corrected chi connectivity index (χ3v) is 3.46. The first-order chi connectivity index (χ1) is 9.61. The fraction of sp³-hybridized carbons (Fsp3) is 0.200. The summed E-state index contributed by atoms with van der Waals surface area (Å²) in [5.74, 6) is -0.0660. The largest absolute Gasteiger partial charge is 0.330 e. The van der Waals surface area contributed by atoms with Gasteiger partial charge < -0.3 is 10.6 Å². The van der Waals surface area contributed by atoms with Crippen molar-refractivity contribution in [3.8, 4) is 0 Å². The third kappa shape index (κ3) is 3.43. The Morgan fingerprint density at radius 1 is 1.35 bits per heavy atom. The molecule has 0 fully saturated rings. The van der Waals surface area contributed by atoms with Crippen molar-refractivity contribution >= 4 is 27.5 Å². The first-order valence-corrected chi connectivity index (χ1v) is 7.09. The van der Waals surface area contributed by atoms with Crippen molar-refractivity contribution in [2.75, 3.05) is 18.5 Å². The van der Waals surface area contributed by atoms with E-state index in [0.717, 1.165) is 15.9 Å². The van der Waals surface area contributed by atoms with Gasteiger partial charge in [0, 0.05) is 41.1 Å². The maximum absolute atomic E-state index is 12.5. The fourth-order valence-electron chi connectivity index (χ4n) is 1.89. The summed E-state index contributed by atoms with van der Waals surface area (Å²) in [7, 11) is 1.76. The third-order valence-electron chi connectivity index (χ3n) is 2.96. The standard InChI is InChI=1S/C15H16BrN3O/c1-19(14-4-2-3-12(16)10-14)15(20)11-6-8-18-13(9-11)5-7-17/h2-4,6,8-10H,5,7,17H2,1H3. The highest BCUT2D eigenvalue weighted by atomic mass is 79.9. The van der Waals surface area contributed by atoms with Crippen LogP contribution >= 0.6 is 15.9 Å². The number of hydrogen-bond acceptors (Lipinski definition) is 3. The summed E-state index contributed by atoms with van der Waals surface area (Å²) >= 11 is 3.41. The van der Waals surface area contributed by atoms with Crippen LogP contribution in [0.2, 0.25) is 0 Å². The van der Waals surface area contributed by atoms with Gasteiger partial charge in [-0.25, -0.2) is 0 Å². The summed E-state index contributed by atoms with van der Waals surface area (Å²) in [5, 5.41) is 0. The molecule has 104 valence electrons. The summed E-state index contributed by atoms with van der Waals surface area (Å²) in [6, 6.07) is 11.1. The number of halogens is 1. The molecule has 0 bridgehead atoms. The highest BCUT2D eigenvalue weighted by Crippen LogP contribution is 2.20. The van der Waals surface area contributed by atoms with E-state index in [1.54, 1.807) is 30.3 Å². The lowest BCUT2D eigenvalue weighted by molar-refractivity contribution is 0.0993. The number of aromatic nitrogens is 1. The van der Waals surface area contributed by atoms with Crippen molar-refractivity contribution in [3.63, 3.8) is 0 Å². The molecule has 5 heteroatoms. The molecule has 1 aromatic heterocycles. The summed E-state index contributed by atoms with van der Waals surface area (Å²) in [6.45, 7) is 0.520. The quantitative estimate of drug-likeness (QED) is 0.935. The molecule has 2 N–H and O–H groups in total. The summed E-state index contributed by atoms with van der Waals surface area (Å²) in [6.07, 6.45) is 2.31. The van der Waals surface area contributed by atoms with E-state index in [2.05, 4.69) is 20.9 Å². The van der Waals surface area contributed by atoms with Gasteiger partial charge in [-0.15, -0.1) is 0 Å². The monoisotopic (exact) mass is 333 g/mol. The van der Waals surface area contributed by atoms with Crippen LogP contribution in [-0.4, -0.2) is 24.5 Å². The van der Waals surface area contributed by atoms with E-state index in [9.17, 15) is 4.79 Å². The molecule has 0 aliphatic carbocycles. The molecule has 0 spiro atoms. The number of nitrogens with zero attached hydrogens (tertiary/aromatic N) is 2.